The van der Waals surface area contributed by atoms with Crippen molar-refractivity contribution in [3.05, 3.63) is 58.8 Å². The number of halogens is 3. The monoisotopic (exact) mass is 429 g/mol. The molecule has 0 aromatic carbocycles. The van der Waals surface area contributed by atoms with Gasteiger partial charge >= 0.3 is 6.18 Å². The minimum Gasteiger partial charge on any atom is -0.371 e. The van der Waals surface area contributed by atoms with E-state index in [0.717, 1.165) is 28.5 Å². The molecule has 2 aliphatic heterocycles. The maximum absolute atomic E-state index is 13.3. The van der Waals surface area contributed by atoms with E-state index >= 15 is 0 Å². The molecule has 0 unspecified atom stereocenters. The van der Waals surface area contributed by atoms with E-state index in [4.69, 9.17) is 0 Å². The van der Waals surface area contributed by atoms with Crippen molar-refractivity contribution in [2.75, 3.05) is 18.0 Å². The van der Waals surface area contributed by atoms with Crippen molar-refractivity contribution in [2.45, 2.75) is 39.5 Å². The Morgan fingerprint density at radius 2 is 1.90 bits per heavy atom. The summed E-state index contributed by atoms with van der Waals surface area (Å²) in [7, 11) is 0. The van der Waals surface area contributed by atoms with Gasteiger partial charge in [-0.1, -0.05) is 0 Å². The van der Waals surface area contributed by atoms with Crippen LogP contribution in [0.4, 0.5) is 18.9 Å². The largest absolute Gasteiger partial charge is 0.433 e. The zero-order valence-electron chi connectivity index (χ0n) is 17.3. The molecular formula is C22H22F3N5O. The van der Waals surface area contributed by atoms with E-state index in [1.807, 2.05) is 22.9 Å². The first kappa shape index (κ1) is 19.8. The number of hydrogen-bond acceptors (Lipinski definition) is 4. The van der Waals surface area contributed by atoms with Crippen LogP contribution in [0.5, 0.6) is 0 Å². The lowest BCUT2D eigenvalue weighted by atomic mass is 10.0. The Kier molecular flexibility index (Phi) is 4.46. The molecule has 0 N–H and O–H groups in total. The van der Waals surface area contributed by atoms with Gasteiger partial charge in [-0.2, -0.15) is 13.2 Å². The number of nitrogens with zero attached hydrogens (tertiary/aromatic N) is 5. The Morgan fingerprint density at radius 3 is 2.68 bits per heavy atom. The minimum atomic E-state index is -4.49. The van der Waals surface area contributed by atoms with Gasteiger partial charge in [0.2, 0.25) is 5.91 Å². The lowest BCUT2D eigenvalue weighted by molar-refractivity contribution is -0.141. The Morgan fingerprint density at radius 1 is 1.13 bits per heavy atom. The molecule has 0 aliphatic carbocycles. The smallest absolute Gasteiger partial charge is 0.371 e. The third kappa shape index (κ3) is 3.23. The zero-order chi connectivity index (χ0) is 21.9. The molecule has 3 aromatic heterocycles. The first-order chi connectivity index (χ1) is 14.7. The second kappa shape index (κ2) is 6.96. The Labute approximate surface area is 177 Å². The highest BCUT2D eigenvalue weighted by atomic mass is 19.4. The molecule has 1 saturated heterocycles. The second-order valence-electron chi connectivity index (χ2n) is 8.31. The van der Waals surface area contributed by atoms with Gasteiger partial charge in [0.25, 0.3) is 0 Å². The average molecular weight is 429 g/mol. The van der Waals surface area contributed by atoms with Crippen molar-refractivity contribution >= 4 is 17.2 Å². The van der Waals surface area contributed by atoms with Crippen molar-refractivity contribution in [1.29, 1.82) is 0 Å². The normalized spacial score (nSPS) is 18.8. The number of amides is 1. The van der Waals surface area contributed by atoms with Gasteiger partial charge in [0.05, 0.1) is 12.5 Å². The Balaban J connectivity index is 1.34. The van der Waals surface area contributed by atoms with E-state index in [2.05, 4.69) is 21.3 Å². The van der Waals surface area contributed by atoms with Crippen LogP contribution < -0.4 is 4.90 Å². The van der Waals surface area contributed by atoms with Crippen LogP contribution in [-0.4, -0.2) is 38.3 Å². The van der Waals surface area contributed by atoms with Crippen LogP contribution in [0.2, 0.25) is 0 Å². The first-order valence-corrected chi connectivity index (χ1v) is 10.2. The van der Waals surface area contributed by atoms with Gasteiger partial charge in [0.1, 0.15) is 11.3 Å². The number of imidazole rings is 1. The predicted molar refractivity (Wildman–Crippen MR) is 108 cm³/mol. The number of fused-ring (bicyclic) bond motifs is 3. The number of carbonyl (C=O) groups is 1. The van der Waals surface area contributed by atoms with E-state index in [9.17, 15) is 18.0 Å². The average Bonchev–Trinajstić information content (AvgIpc) is 3.49. The Hall–Kier alpha value is -3.10. The molecular weight excluding hydrogens is 407 g/mol. The summed E-state index contributed by atoms with van der Waals surface area (Å²) in [5, 5.41) is 0. The first-order valence-electron chi connectivity index (χ1n) is 10.2. The van der Waals surface area contributed by atoms with Crippen LogP contribution in [0.3, 0.4) is 0 Å². The summed E-state index contributed by atoms with van der Waals surface area (Å²) in [5.41, 5.74) is 4.95. The quantitative estimate of drug-likeness (QED) is 0.623. The van der Waals surface area contributed by atoms with Crippen molar-refractivity contribution < 1.29 is 18.0 Å². The van der Waals surface area contributed by atoms with Gasteiger partial charge in [0, 0.05) is 55.2 Å². The maximum Gasteiger partial charge on any atom is 0.433 e. The van der Waals surface area contributed by atoms with Crippen molar-refractivity contribution in [3.63, 3.8) is 0 Å². The number of pyridine rings is 2. The summed E-state index contributed by atoms with van der Waals surface area (Å²) < 4.78 is 41.0. The zero-order valence-corrected chi connectivity index (χ0v) is 17.3. The summed E-state index contributed by atoms with van der Waals surface area (Å²) in [6, 6.07) is 2.62. The Bertz CT molecular complexity index is 1190. The topological polar surface area (TPSA) is 53.7 Å². The van der Waals surface area contributed by atoms with E-state index in [1.165, 1.54) is 11.8 Å². The molecule has 9 heteroatoms. The van der Waals surface area contributed by atoms with E-state index in [-0.39, 0.29) is 11.8 Å². The highest BCUT2D eigenvalue weighted by molar-refractivity contribution is 5.81. The van der Waals surface area contributed by atoms with Gasteiger partial charge in [-0.25, -0.2) is 4.98 Å². The molecule has 0 spiro atoms. The molecule has 5 rings (SSSR count). The van der Waals surface area contributed by atoms with Crippen LogP contribution in [0, 0.1) is 19.8 Å². The fraction of sp³-hybridized carbons (Fsp3) is 0.409. The van der Waals surface area contributed by atoms with Crippen molar-refractivity contribution in [2.24, 2.45) is 5.92 Å². The number of aryl methyl sites for hydroxylation is 1. The molecule has 1 fully saturated rings. The van der Waals surface area contributed by atoms with Gasteiger partial charge < -0.3 is 14.2 Å². The number of carbonyl (C=O) groups excluding carboxylic acids is 1. The second-order valence-corrected chi connectivity index (χ2v) is 8.31. The lowest BCUT2D eigenvalue weighted by Gasteiger charge is -2.22. The highest BCUT2D eigenvalue weighted by Gasteiger charge is 2.37. The van der Waals surface area contributed by atoms with Crippen LogP contribution in [0.15, 0.2) is 30.7 Å². The van der Waals surface area contributed by atoms with E-state index in [0.29, 0.717) is 38.3 Å². The maximum atomic E-state index is 13.3. The molecule has 1 atom stereocenters. The molecule has 6 nitrogen and oxygen atoms in total. The van der Waals surface area contributed by atoms with Gasteiger partial charge in [-0.15, -0.1) is 0 Å². The van der Waals surface area contributed by atoms with Crippen LogP contribution in [0.1, 0.15) is 34.5 Å². The third-order valence-corrected chi connectivity index (χ3v) is 6.58. The molecule has 1 amide bonds. The van der Waals surface area contributed by atoms with Crippen molar-refractivity contribution in [1.82, 2.24) is 19.3 Å². The summed E-state index contributed by atoms with van der Waals surface area (Å²) >= 11 is 0. The molecule has 162 valence electrons. The number of aromatic nitrogens is 3. The van der Waals surface area contributed by atoms with Crippen LogP contribution >= 0.6 is 0 Å². The number of alkyl halides is 3. The molecule has 31 heavy (non-hydrogen) atoms. The minimum absolute atomic E-state index is 0.0468. The summed E-state index contributed by atoms with van der Waals surface area (Å²) in [4.78, 5) is 24.9. The van der Waals surface area contributed by atoms with Crippen LogP contribution in [-0.2, 0) is 24.1 Å². The highest BCUT2D eigenvalue weighted by Crippen LogP contribution is 2.35. The molecule has 0 bridgehead atoms. The summed E-state index contributed by atoms with van der Waals surface area (Å²) in [5.74, 6) is -0.195. The SMILES string of the molecule is Cc1c2c(c3nccn3c1C)CN(C(=O)[C@@H]1CCN(c3ccnc(C(F)(F)F)c3)C1)C2. The molecule has 0 saturated carbocycles. The molecule has 3 aromatic rings. The summed E-state index contributed by atoms with van der Waals surface area (Å²) in [6.07, 6.45) is 1.00. The lowest BCUT2D eigenvalue weighted by Crippen LogP contribution is -2.34. The summed E-state index contributed by atoms with van der Waals surface area (Å²) in [6.45, 7) is 6.13. The van der Waals surface area contributed by atoms with Gasteiger partial charge in [-0.3, -0.25) is 9.78 Å². The number of rotatable bonds is 2. The van der Waals surface area contributed by atoms with E-state index < -0.39 is 11.9 Å². The van der Waals surface area contributed by atoms with Crippen LogP contribution in [0.25, 0.3) is 5.65 Å². The van der Waals surface area contributed by atoms with Gasteiger partial charge in [-0.05, 0) is 43.5 Å². The standard InChI is InChI=1S/C22H22F3N5O/c1-13-14(2)30-8-6-27-20(30)18-12-29(11-17(13)18)21(31)15-4-7-28(10-15)16-3-5-26-19(9-16)22(23,24)25/h3,5-6,8-9,15H,4,7,10-12H2,1-2H3/t15-/m1/s1. The number of hydrogen-bond donors (Lipinski definition) is 0. The fourth-order valence-electron chi connectivity index (χ4n) is 4.76. The third-order valence-electron chi connectivity index (χ3n) is 6.58. The fourth-order valence-corrected chi connectivity index (χ4v) is 4.76. The number of anilines is 1. The predicted octanol–water partition coefficient (Wildman–Crippen LogP) is 3.73. The van der Waals surface area contributed by atoms with E-state index in [1.54, 1.807) is 12.3 Å². The van der Waals surface area contributed by atoms with Gasteiger partial charge in [0.15, 0.2) is 0 Å². The van der Waals surface area contributed by atoms with Crippen molar-refractivity contribution in [3.8, 4) is 0 Å². The molecule has 5 heterocycles. The molecule has 2 aliphatic rings. The molecule has 0 radical (unpaired) electrons.